The maximum Gasteiger partial charge on any atom is 0.255 e. The van der Waals surface area contributed by atoms with Crippen LogP contribution in [0.3, 0.4) is 0 Å². The average Bonchev–Trinajstić information content (AvgIpc) is 2.49. The summed E-state index contributed by atoms with van der Waals surface area (Å²) in [5, 5.41) is 2.80. The van der Waals surface area contributed by atoms with Crippen molar-refractivity contribution < 1.29 is 13.2 Å². The summed E-state index contributed by atoms with van der Waals surface area (Å²) in [6.07, 6.45) is 0.555. The number of amides is 1. The number of aryl methyl sites for hydroxylation is 1. The maximum atomic E-state index is 12.2. The minimum atomic E-state index is -3.31. The Morgan fingerprint density at radius 3 is 2.22 bits per heavy atom. The Balaban J connectivity index is 2.06. The molecule has 2 rings (SSSR count). The number of anilines is 2. The minimum Gasteiger partial charge on any atom is -0.322 e. The highest BCUT2D eigenvalue weighted by Gasteiger charge is 2.10. The van der Waals surface area contributed by atoms with Crippen molar-refractivity contribution in [2.45, 2.75) is 20.3 Å². The molecule has 6 heteroatoms. The fraction of sp³-hybridized carbons (Fsp3) is 0.235. The third-order valence-corrected chi connectivity index (χ3v) is 4.77. The molecule has 2 aromatic rings. The molecule has 2 N–H and O–H groups in total. The van der Waals surface area contributed by atoms with Gasteiger partial charge in [0, 0.05) is 16.9 Å². The van der Waals surface area contributed by atoms with E-state index >= 15 is 0 Å². The predicted molar refractivity (Wildman–Crippen MR) is 93.3 cm³/mol. The molecule has 1 amide bonds. The third kappa shape index (κ3) is 4.82. The number of sulfonamides is 1. The molecular formula is C17H20N2O3S. The van der Waals surface area contributed by atoms with Gasteiger partial charge in [-0.3, -0.25) is 9.52 Å². The molecule has 0 saturated carbocycles. The van der Waals surface area contributed by atoms with Crippen molar-refractivity contribution in [1.82, 2.24) is 0 Å². The van der Waals surface area contributed by atoms with Crippen LogP contribution < -0.4 is 10.0 Å². The molecule has 122 valence electrons. The molecule has 0 heterocycles. The summed E-state index contributed by atoms with van der Waals surface area (Å²) in [6, 6.07) is 13.9. The number of benzene rings is 2. The first kappa shape index (κ1) is 17.0. The lowest BCUT2D eigenvalue weighted by molar-refractivity contribution is 0.102. The van der Waals surface area contributed by atoms with Crippen LogP contribution in [-0.4, -0.2) is 20.1 Å². The van der Waals surface area contributed by atoms with E-state index in [2.05, 4.69) is 10.0 Å². The van der Waals surface area contributed by atoms with Crippen LogP contribution in [0.4, 0.5) is 11.4 Å². The average molecular weight is 332 g/mol. The highest BCUT2D eigenvalue weighted by atomic mass is 32.2. The quantitative estimate of drug-likeness (QED) is 0.851. The molecule has 23 heavy (non-hydrogen) atoms. The van der Waals surface area contributed by atoms with Gasteiger partial charge in [0.1, 0.15) is 0 Å². The van der Waals surface area contributed by atoms with Crippen LogP contribution in [0.1, 0.15) is 29.3 Å². The second-order valence-corrected chi connectivity index (χ2v) is 7.11. The van der Waals surface area contributed by atoms with Gasteiger partial charge in [-0.05, 0) is 49.2 Å². The van der Waals surface area contributed by atoms with E-state index in [9.17, 15) is 13.2 Å². The van der Waals surface area contributed by atoms with Gasteiger partial charge in [0.05, 0.1) is 5.75 Å². The van der Waals surface area contributed by atoms with Crippen LogP contribution in [-0.2, 0) is 10.0 Å². The fourth-order valence-electron chi connectivity index (χ4n) is 2.15. The molecule has 0 aliphatic rings. The van der Waals surface area contributed by atoms with E-state index in [0.717, 1.165) is 5.56 Å². The zero-order valence-corrected chi connectivity index (χ0v) is 14.0. The first-order chi connectivity index (χ1) is 10.9. The van der Waals surface area contributed by atoms with E-state index < -0.39 is 10.0 Å². The second-order valence-electron chi connectivity index (χ2n) is 5.27. The zero-order chi connectivity index (χ0) is 16.9. The summed E-state index contributed by atoms with van der Waals surface area (Å²) < 4.78 is 25.9. The lowest BCUT2D eigenvalue weighted by atomic mass is 10.1. The number of hydrogen-bond donors (Lipinski definition) is 2. The van der Waals surface area contributed by atoms with Gasteiger partial charge in [0.25, 0.3) is 5.91 Å². The monoisotopic (exact) mass is 332 g/mol. The van der Waals surface area contributed by atoms with Crippen LogP contribution >= 0.6 is 0 Å². The van der Waals surface area contributed by atoms with E-state index in [1.165, 1.54) is 0 Å². The van der Waals surface area contributed by atoms with Crippen LogP contribution in [0.2, 0.25) is 0 Å². The standard InChI is InChI=1S/C17H20N2O3S/c1-3-12-23(21,22)19-15-10-8-14(9-11-15)18-17(20)16-7-5-4-6-13(16)2/h4-11,19H,3,12H2,1-2H3,(H,18,20). The summed E-state index contributed by atoms with van der Waals surface area (Å²) >= 11 is 0. The molecule has 2 aromatic carbocycles. The SMILES string of the molecule is CCCS(=O)(=O)Nc1ccc(NC(=O)c2ccccc2C)cc1. The lowest BCUT2D eigenvalue weighted by Crippen LogP contribution is -2.16. The van der Waals surface area contributed by atoms with Gasteiger partial charge in [-0.25, -0.2) is 8.42 Å². The van der Waals surface area contributed by atoms with Gasteiger partial charge < -0.3 is 5.32 Å². The van der Waals surface area contributed by atoms with E-state index in [0.29, 0.717) is 23.4 Å². The topological polar surface area (TPSA) is 75.3 Å². The number of rotatable bonds is 6. The molecule has 0 aliphatic carbocycles. The van der Waals surface area contributed by atoms with Gasteiger partial charge in [0.2, 0.25) is 10.0 Å². The molecule has 0 spiro atoms. The third-order valence-electron chi connectivity index (χ3n) is 3.28. The van der Waals surface area contributed by atoms with Gasteiger partial charge in [-0.15, -0.1) is 0 Å². The van der Waals surface area contributed by atoms with Crippen molar-refractivity contribution in [3.05, 3.63) is 59.7 Å². The molecule has 5 nitrogen and oxygen atoms in total. The van der Waals surface area contributed by atoms with Crippen LogP contribution in [0, 0.1) is 6.92 Å². The predicted octanol–water partition coefficient (Wildman–Crippen LogP) is 3.40. The van der Waals surface area contributed by atoms with Crippen molar-refractivity contribution in [2.75, 3.05) is 15.8 Å². The maximum absolute atomic E-state index is 12.2. The Kier molecular flexibility index (Phi) is 5.39. The Hall–Kier alpha value is -2.34. The van der Waals surface area contributed by atoms with Crippen LogP contribution in [0.15, 0.2) is 48.5 Å². The molecule has 0 fully saturated rings. The first-order valence-electron chi connectivity index (χ1n) is 7.39. The highest BCUT2D eigenvalue weighted by molar-refractivity contribution is 7.92. The smallest absolute Gasteiger partial charge is 0.255 e. The Labute approximate surface area is 136 Å². The van der Waals surface area contributed by atoms with Crippen molar-refractivity contribution in [3.8, 4) is 0 Å². The molecule has 0 saturated heterocycles. The number of carbonyl (C=O) groups excluding carboxylic acids is 1. The Morgan fingerprint density at radius 1 is 1.00 bits per heavy atom. The van der Waals surface area contributed by atoms with Gasteiger partial charge in [-0.2, -0.15) is 0 Å². The van der Waals surface area contributed by atoms with Gasteiger partial charge in [-0.1, -0.05) is 25.1 Å². The van der Waals surface area contributed by atoms with E-state index in [-0.39, 0.29) is 11.7 Å². The fourth-order valence-corrected chi connectivity index (χ4v) is 3.28. The minimum absolute atomic E-state index is 0.0821. The second kappa shape index (κ2) is 7.28. The molecular weight excluding hydrogens is 312 g/mol. The molecule has 0 atom stereocenters. The first-order valence-corrected chi connectivity index (χ1v) is 9.04. The zero-order valence-electron chi connectivity index (χ0n) is 13.2. The summed E-state index contributed by atoms with van der Waals surface area (Å²) in [4.78, 5) is 12.2. The molecule has 0 aliphatic heterocycles. The highest BCUT2D eigenvalue weighted by Crippen LogP contribution is 2.17. The van der Waals surface area contributed by atoms with Crippen LogP contribution in [0.25, 0.3) is 0 Å². The summed E-state index contributed by atoms with van der Waals surface area (Å²) in [5.41, 5.74) is 2.60. The molecule has 0 radical (unpaired) electrons. The lowest BCUT2D eigenvalue weighted by Gasteiger charge is -2.10. The summed E-state index contributed by atoms with van der Waals surface area (Å²) in [7, 11) is -3.31. The molecule has 0 bridgehead atoms. The van der Waals surface area contributed by atoms with E-state index in [4.69, 9.17) is 0 Å². The van der Waals surface area contributed by atoms with Crippen molar-refractivity contribution in [2.24, 2.45) is 0 Å². The van der Waals surface area contributed by atoms with E-state index in [1.807, 2.05) is 32.0 Å². The largest absolute Gasteiger partial charge is 0.322 e. The van der Waals surface area contributed by atoms with Crippen molar-refractivity contribution >= 4 is 27.3 Å². The van der Waals surface area contributed by atoms with E-state index in [1.54, 1.807) is 30.3 Å². The summed E-state index contributed by atoms with van der Waals surface area (Å²) in [5.74, 6) is -0.110. The number of carbonyl (C=O) groups is 1. The normalized spacial score (nSPS) is 11.0. The van der Waals surface area contributed by atoms with Crippen molar-refractivity contribution in [1.29, 1.82) is 0 Å². The van der Waals surface area contributed by atoms with Crippen molar-refractivity contribution in [3.63, 3.8) is 0 Å². The van der Waals surface area contributed by atoms with Crippen LogP contribution in [0.5, 0.6) is 0 Å². The molecule has 0 unspecified atom stereocenters. The molecule has 0 aromatic heterocycles. The summed E-state index contributed by atoms with van der Waals surface area (Å²) in [6.45, 7) is 3.68. The van der Waals surface area contributed by atoms with Gasteiger partial charge >= 0.3 is 0 Å². The number of hydrogen-bond acceptors (Lipinski definition) is 3. The van der Waals surface area contributed by atoms with Gasteiger partial charge in [0.15, 0.2) is 0 Å². The number of nitrogens with one attached hydrogen (secondary N) is 2. The Morgan fingerprint density at radius 2 is 1.61 bits per heavy atom. The Bertz CT molecular complexity index is 784.